The maximum absolute atomic E-state index is 6.34. The van der Waals surface area contributed by atoms with Crippen molar-refractivity contribution in [2.24, 2.45) is 0 Å². The highest BCUT2D eigenvalue weighted by molar-refractivity contribution is 6.25. The van der Waals surface area contributed by atoms with Crippen LogP contribution in [0.2, 0.25) is 0 Å². The minimum atomic E-state index is 0.882. The normalized spacial score (nSPS) is 11.8. The Kier molecular flexibility index (Phi) is 7.63. The van der Waals surface area contributed by atoms with E-state index in [1.165, 1.54) is 32.7 Å². The van der Waals surface area contributed by atoms with E-state index in [0.717, 1.165) is 88.8 Å². The molecule has 60 heavy (non-hydrogen) atoms. The molecule has 0 atom stereocenters. The zero-order chi connectivity index (χ0) is 39.9. The van der Waals surface area contributed by atoms with Gasteiger partial charge in [-0.2, -0.15) is 0 Å². The molecule has 0 spiro atoms. The second-order valence-electron chi connectivity index (χ2n) is 15.9. The van der Waals surface area contributed by atoms with Crippen LogP contribution in [-0.2, 0) is 0 Å². The second kappa shape index (κ2) is 13.4. The number of rotatable bonds is 6. The molecule has 2 heterocycles. The third kappa shape index (κ3) is 5.38. The van der Waals surface area contributed by atoms with E-state index in [1.54, 1.807) is 0 Å². The van der Waals surface area contributed by atoms with E-state index in [2.05, 4.69) is 218 Å². The Labute approximate surface area is 346 Å². The van der Waals surface area contributed by atoms with Crippen LogP contribution < -0.4 is 9.80 Å². The molecule has 12 rings (SSSR count). The standard InChI is InChI=1S/C56H38N2O2/c1-35-21-25-53-47(29-35)49-31-39(23-27-55(49)59-53)57(37-13-5-3-6-14-37)51-33-45-42-18-10-12-20-44(42)52(34-46(45)41-17-9-11-19-43(41)51)58(38-15-7-4-8-16-38)40-24-28-56-50(32-40)48-30-36(2)22-26-54(48)60-56/h3-34H,1-2H3. The van der Waals surface area contributed by atoms with Gasteiger partial charge in [-0.05, 0) is 132 Å². The second-order valence-corrected chi connectivity index (χ2v) is 15.9. The van der Waals surface area contributed by atoms with Crippen molar-refractivity contribution in [2.75, 3.05) is 9.80 Å². The summed E-state index contributed by atoms with van der Waals surface area (Å²) in [4.78, 5) is 4.81. The molecule has 0 radical (unpaired) electrons. The van der Waals surface area contributed by atoms with Crippen LogP contribution in [0.25, 0.3) is 76.2 Å². The van der Waals surface area contributed by atoms with Crippen molar-refractivity contribution in [1.82, 2.24) is 0 Å². The summed E-state index contributed by atoms with van der Waals surface area (Å²) in [7, 11) is 0. The van der Waals surface area contributed by atoms with Gasteiger partial charge in [0.05, 0.1) is 11.4 Å². The van der Waals surface area contributed by atoms with Gasteiger partial charge >= 0.3 is 0 Å². The van der Waals surface area contributed by atoms with E-state index >= 15 is 0 Å². The summed E-state index contributed by atoms with van der Waals surface area (Å²) in [5.74, 6) is 0. The monoisotopic (exact) mass is 770 g/mol. The fourth-order valence-electron chi connectivity index (χ4n) is 9.33. The van der Waals surface area contributed by atoms with Gasteiger partial charge in [-0.3, -0.25) is 0 Å². The molecule has 284 valence electrons. The van der Waals surface area contributed by atoms with Gasteiger partial charge in [0.15, 0.2) is 0 Å². The van der Waals surface area contributed by atoms with Gasteiger partial charge in [0.2, 0.25) is 0 Å². The fraction of sp³-hybridized carbons (Fsp3) is 0.0357. The summed E-state index contributed by atoms with van der Waals surface area (Å²) < 4.78 is 12.7. The molecule has 0 saturated heterocycles. The van der Waals surface area contributed by atoms with Crippen LogP contribution in [-0.4, -0.2) is 0 Å². The first-order chi connectivity index (χ1) is 29.6. The molecular formula is C56H38N2O2. The minimum Gasteiger partial charge on any atom is -0.456 e. The number of para-hydroxylation sites is 2. The van der Waals surface area contributed by atoms with Crippen molar-refractivity contribution in [1.29, 1.82) is 0 Å². The summed E-state index contributed by atoms with van der Waals surface area (Å²) in [5, 5.41) is 11.5. The van der Waals surface area contributed by atoms with Crippen molar-refractivity contribution in [2.45, 2.75) is 13.8 Å². The third-order valence-electron chi connectivity index (χ3n) is 12.1. The Morgan fingerprint density at radius 1 is 0.267 bits per heavy atom. The predicted molar refractivity (Wildman–Crippen MR) is 252 cm³/mol. The van der Waals surface area contributed by atoms with Gasteiger partial charge in [-0.15, -0.1) is 0 Å². The van der Waals surface area contributed by atoms with E-state index in [1.807, 2.05) is 0 Å². The number of hydrogen-bond donors (Lipinski definition) is 0. The summed E-state index contributed by atoms with van der Waals surface area (Å²) in [5.41, 5.74) is 12.5. The highest BCUT2D eigenvalue weighted by Crippen LogP contribution is 2.49. The molecule has 10 aromatic carbocycles. The maximum atomic E-state index is 6.34. The first-order valence-electron chi connectivity index (χ1n) is 20.5. The average molecular weight is 771 g/mol. The lowest BCUT2D eigenvalue weighted by Gasteiger charge is -2.29. The Morgan fingerprint density at radius 2 is 0.617 bits per heavy atom. The molecule has 0 unspecified atom stereocenters. The zero-order valence-electron chi connectivity index (χ0n) is 33.2. The number of aryl methyl sites for hydroxylation is 2. The molecule has 0 aliphatic carbocycles. The van der Waals surface area contributed by atoms with Crippen LogP contribution in [0.5, 0.6) is 0 Å². The third-order valence-corrected chi connectivity index (χ3v) is 12.1. The summed E-state index contributed by atoms with van der Waals surface area (Å²) in [6, 6.07) is 69.9. The molecule has 4 heteroatoms. The van der Waals surface area contributed by atoms with E-state index < -0.39 is 0 Å². The molecule has 0 amide bonds. The Bertz CT molecular complexity index is 3400. The molecule has 0 N–H and O–H groups in total. The van der Waals surface area contributed by atoms with Gasteiger partial charge in [0, 0.05) is 55.1 Å². The topological polar surface area (TPSA) is 32.8 Å². The summed E-state index contributed by atoms with van der Waals surface area (Å²) >= 11 is 0. The van der Waals surface area contributed by atoms with Crippen LogP contribution in [0.3, 0.4) is 0 Å². The van der Waals surface area contributed by atoms with Crippen molar-refractivity contribution < 1.29 is 8.83 Å². The van der Waals surface area contributed by atoms with Crippen molar-refractivity contribution in [3.8, 4) is 0 Å². The summed E-state index contributed by atoms with van der Waals surface area (Å²) in [6.07, 6.45) is 0. The van der Waals surface area contributed by atoms with Crippen molar-refractivity contribution in [3.05, 3.63) is 205 Å². The molecule has 0 aliphatic rings. The number of fused-ring (bicyclic) bond motifs is 11. The predicted octanol–water partition coefficient (Wildman–Crippen LogP) is 16.5. The number of hydrogen-bond acceptors (Lipinski definition) is 4. The maximum Gasteiger partial charge on any atom is 0.135 e. The largest absolute Gasteiger partial charge is 0.456 e. The van der Waals surface area contributed by atoms with Gasteiger partial charge in [-0.25, -0.2) is 0 Å². The number of nitrogens with zero attached hydrogens (tertiary/aromatic N) is 2. The quantitative estimate of drug-likeness (QED) is 0.158. The molecule has 0 fully saturated rings. The summed E-state index contributed by atoms with van der Waals surface area (Å²) in [6.45, 7) is 4.27. The molecule has 4 nitrogen and oxygen atoms in total. The van der Waals surface area contributed by atoms with Crippen molar-refractivity contribution in [3.63, 3.8) is 0 Å². The lowest BCUT2D eigenvalue weighted by Crippen LogP contribution is -2.11. The van der Waals surface area contributed by atoms with Gasteiger partial charge in [-0.1, -0.05) is 108 Å². The van der Waals surface area contributed by atoms with Crippen LogP contribution in [0.4, 0.5) is 34.1 Å². The number of anilines is 6. The van der Waals surface area contributed by atoms with Gasteiger partial charge in [0.25, 0.3) is 0 Å². The Morgan fingerprint density at radius 3 is 1.03 bits per heavy atom. The van der Waals surface area contributed by atoms with E-state index in [-0.39, 0.29) is 0 Å². The molecule has 0 aliphatic heterocycles. The first-order valence-corrected chi connectivity index (χ1v) is 20.5. The van der Waals surface area contributed by atoms with Crippen LogP contribution in [0.1, 0.15) is 11.1 Å². The van der Waals surface area contributed by atoms with Crippen LogP contribution in [0.15, 0.2) is 203 Å². The van der Waals surface area contributed by atoms with Crippen molar-refractivity contribution >= 4 is 110 Å². The average Bonchev–Trinajstić information content (AvgIpc) is 3.84. The van der Waals surface area contributed by atoms with E-state index in [0.29, 0.717) is 0 Å². The van der Waals surface area contributed by atoms with Crippen LogP contribution in [0, 0.1) is 13.8 Å². The fourth-order valence-corrected chi connectivity index (χ4v) is 9.33. The molecule has 2 aromatic heterocycles. The number of benzene rings is 10. The lowest BCUT2D eigenvalue weighted by molar-refractivity contribution is 0.668. The lowest BCUT2D eigenvalue weighted by atomic mass is 9.93. The molecule has 0 bridgehead atoms. The molecule has 12 aromatic rings. The minimum absolute atomic E-state index is 0.882. The van der Waals surface area contributed by atoms with Crippen LogP contribution >= 0.6 is 0 Å². The molecular weight excluding hydrogens is 733 g/mol. The first kappa shape index (κ1) is 34.2. The smallest absolute Gasteiger partial charge is 0.135 e. The van der Waals surface area contributed by atoms with E-state index in [9.17, 15) is 0 Å². The van der Waals surface area contributed by atoms with Gasteiger partial charge < -0.3 is 18.6 Å². The highest BCUT2D eigenvalue weighted by Gasteiger charge is 2.23. The number of furan rings is 2. The Balaban J connectivity index is 1.13. The van der Waals surface area contributed by atoms with Gasteiger partial charge in [0.1, 0.15) is 22.3 Å². The SMILES string of the molecule is Cc1ccc2oc3ccc(N(c4ccccc4)c4cc5c6ccccc6c(N(c6ccccc6)c6ccc7oc8ccc(C)cc8c7c6)cc5c5ccccc45)cc3c2c1. The zero-order valence-corrected chi connectivity index (χ0v) is 33.2. The van der Waals surface area contributed by atoms with E-state index in [4.69, 9.17) is 8.83 Å². The molecule has 0 saturated carbocycles. The Hall–Kier alpha value is -7.82. The highest BCUT2D eigenvalue weighted by atomic mass is 16.3.